The summed E-state index contributed by atoms with van der Waals surface area (Å²) in [5, 5.41) is 6.32. The summed E-state index contributed by atoms with van der Waals surface area (Å²) in [6, 6.07) is 8.56. The minimum atomic E-state index is 0. The molecule has 4 nitrogen and oxygen atoms in total. The SMILES string of the molecule is Cc1ccc(C2OCCCC2CNC(=O)CNCC2CC2)cc1.Cl. The molecule has 1 heterocycles. The molecule has 3 rings (SSSR count). The number of hydrogen-bond acceptors (Lipinski definition) is 3. The Balaban J connectivity index is 0.00000208. The number of benzene rings is 1. The van der Waals surface area contributed by atoms with Gasteiger partial charge >= 0.3 is 0 Å². The predicted octanol–water partition coefficient (Wildman–Crippen LogP) is 3.00. The Hall–Kier alpha value is -1.10. The average molecular weight is 353 g/mol. The monoisotopic (exact) mass is 352 g/mol. The van der Waals surface area contributed by atoms with Crippen molar-refractivity contribution in [1.82, 2.24) is 10.6 Å². The Morgan fingerprint density at radius 2 is 1.92 bits per heavy atom. The molecule has 0 radical (unpaired) electrons. The first-order chi connectivity index (χ1) is 11.2. The fourth-order valence-electron chi connectivity index (χ4n) is 3.20. The minimum absolute atomic E-state index is 0. The summed E-state index contributed by atoms with van der Waals surface area (Å²) in [6.45, 7) is 5.01. The second kappa shape index (κ2) is 9.40. The van der Waals surface area contributed by atoms with Crippen molar-refractivity contribution < 1.29 is 9.53 Å². The molecule has 0 aromatic heterocycles. The third-order valence-corrected chi connectivity index (χ3v) is 4.83. The summed E-state index contributed by atoms with van der Waals surface area (Å²) in [4.78, 5) is 12.0. The Bertz CT molecular complexity index is 517. The summed E-state index contributed by atoms with van der Waals surface area (Å²) < 4.78 is 6.00. The van der Waals surface area contributed by atoms with Gasteiger partial charge in [-0.25, -0.2) is 0 Å². The fraction of sp³-hybridized carbons (Fsp3) is 0.632. The molecule has 2 N–H and O–H groups in total. The molecule has 1 saturated heterocycles. The van der Waals surface area contributed by atoms with Crippen molar-refractivity contribution in [3.63, 3.8) is 0 Å². The third-order valence-electron chi connectivity index (χ3n) is 4.83. The lowest BCUT2D eigenvalue weighted by atomic mass is 9.89. The molecule has 2 aliphatic rings. The molecule has 134 valence electrons. The topological polar surface area (TPSA) is 50.4 Å². The van der Waals surface area contributed by atoms with Crippen LogP contribution in [-0.4, -0.2) is 32.1 Å². The normalized spacial score (nSPS) is 23.4. The molecule has 0 bridgehead atoms. The van der Waals surface area contributed by atoms with Crippen LogP contribution in [0.2, 0.25) is 0 Å². The molecular weight excluding hydrogens is 324 g/mol. The zero-order valence-electron chi connectivity index (χ0n) is 14.4. The van der Waals surface area contributed by atoms with E-state index in [0.29, 0.717) is 19.0 Å². The van der Waals surface area contributed by atoms with Gasteiger partial charge in [0.1, 0.15) is 0 Å². The van der Waals surface area contributed by atoms with Crippen LogP contribution >= 0.6 is 12.4 Å². The van der Waals surface area contributed by atoms with Crippen molar-refractivity contribution in [1.29, 1.82) is 0 Å². The second-order valence-electron chi connectivity index (χ2n) is 6.98. The molecule has 2 unspecified atom stereocenters. The Kier molecular flexibility index (Phi) is 7.53. The number of hydrogen-bond donors (Lipinski definition) is 2. The second-order valence-corrected chi connectivity index (χ2v) is 6.98. The van der Waals surface area contributed by atoms with E-state index >= 15 is 0 Å². The molecule has 1 aromatic carbocycles. The third kappa shape index (κ3) is 5.76. The lowest BCUT2D eigenvalue weighted by Crippen LogP contribution is -2.39. The summed E-state index contributed by atoms with van der Waals surface area (Å²) >= 11 is 0. The number of carbonyl (C=O) groups excluding carboxylic acids is 1. The summed E-state index contributed by atoms with van der Waals surface area (Å²) in [6.07, 6.45) is 4.90. The van der Waals surface area contributed by atoms with Gasteiger partial charge in [-0.1, -0.05) is 29.8 Å². The quantitative estimate of drug-likeness (QED) is 0.793. The van der Waals surface area contributed by atoms with Gasteiger partial charge in [-0.3, -0.25) is 4.79 Å². The van der Waals surface area contributed by atoms with Crippen LogP contribution < -0.4 is 10.6 Å². The molecule has 1 aliphatic heterocycles. The molecule has 1 saturated carbocycles. The largest absolute Gasteiger partial charge is 0.373 e. The van der Waals surface area contributed by atoms with E-state index in [-0.39, 0.29) is 24.4 Å². The summed E-state index contributed by atoms with van der Waals surface area (Å²) in [7, 11) is 0. The minimum Gasteiger partial charge on any atom is -0.373 e. The molecule has 24 heavy (non-hydrogen) atoms. The number of aryl methyl sites for hydroxylation is 1. The van der Waals surface area contributed by atoms with Gasteiger partial charge in [-0.2, -0.15) is 0 Å². The zero-order valence-corrected chi connectivity index (χ0v) is 15.2. The van der Waals surface area contributed by atoms with Crippen molar-refractivity contribution in [3.05, 3.63) is 35.4 Å². The van der Waals surface area contributed by atoms with E-state index in [1.54, 1.807) is 0 Å². The smallest absolute Gasteiger partial charge is 0.233 e. The maximum Gasteiger partial charge on any atom is 0.233 e. The van der Waals surface area contributed by atoms with Gasteiger partial charge in [0.2, 0.25) is 5.91 Å². The molecule has 2 atom stereocenters. The highest BCUT2D eigenvalue weighted by molar-refractivity contribution is 5.85. The standard InChI is InChI=1S/C19H28N2O2.ClH/c1-14-4-8-16(9-5-14)19-17(3-2-10-23-19)12-21-18(22)13-20-11-15-6-7-15;/h4-5,8-9,15,17,19-20H,2-3,6-7,10-13H2,1H3,(H,21,22);1H. The Morgan fingerprint density at radius 1 is 1.17 bits per heavy atom. The number of amides is 1. The molecule has 2 fully saturated rings. The van der Waals surface area contributed by atoms with Crippen LogP contribution in [0.3, 0.4) is 0 Å². The highest BCUT2D eigenvalue weighted by Gasteiger charge is 2.27. The van der Waals surface area contributed by atoms with Gasteiger partial charge in [-0.15, -0.1) is 12.4 Å². The fourth-order valence-corrected chi connectivity index (χ4v) is 3.20. The number of rotatable bonds is 7. The van der Waals surface area contributed by atoms with E-state index < -0.39 is 0 Å². The van der Waals surface area contributed by atoms with Gasteiger partial charge in [-0.05, 0) is 50.6 Å². The molecule has 1 amide bonds. The lowest BCUT2D eigenvalue weighted by Gasteiger charge is -2.32. The van der Waals surface area contributed by atoms with Gasteiger partial charge in [0.05, 0.1) is 12.6 Å². The van der Waals surface area contributed by atoms with E-state index in [1.165, 1.54) is 24.0 Å². The predicted molar refractivity (Wildman–Crippen MR) is 98.4 cm³/mol. The van der Waals surface area contributed by atoms with Crippen LogP contribution in [0, 0.1) is 18.8 Å². The van der Waals surface area contributed by atoms with Gasteiger partial charge in [0.15, 0.2) is 0 Å². The summed E-state index contributed by atoms with van der Waals surface area (Å²) in [5.74, 6) is 1.26. The average Bonchev–Trinajstić information content (AvgIpc) is 3.38. The van der Waals surface area contributed by atoms with E-state index in [2.05, 4.69) is 41.8 Å². The molecule has 5 heteroatoms. The van der Waals surface area contributed by atoms with E-state index in [9.17, 15) is 4.79 Å². The van der Waals surface area contributed by atoms with Crippen molar-refractivity contribution >= 4 is 18.3 Å². The van der Waals surface area contributed by atoms with Crippen molar-refractivity contribution in [3.8, 4) is 0 Å². The molecular formula is C19H29ClN2O2. The first kappa shape index (κ1) is 19.2. The highest BCUT2D eigenvalue weighted by Crippen LogP contribution is 2.33. The van der Waals surface area contributed by atoms with Gasteiger partial charge in [0.25, 0.3) is 0 Å². The Morgan fingerprint density at radius 3 is 2.62 bits per heavy atom. The number of ether oxygens (including phenoxy) is 1. The first-order valence-electron chi connectivity index (χ1n) is 8.88. The van der Waals surface area contributed by atoms with Crippen LogP contribution in [0.25, 0.3) is 0 Å². The number of nitrogens with one attached hydrogen (secondary N) is 2. The molecule has 1 aromatic rings. The maximum absolute atomic E-state index is 12.0. The van der Waals surface area contributed by atoms with Crippen LogP contribution in [0.1, 0.15) is 42.9 Å². The van der Waals surface area contributed by atoms with Crippen LogP contribution in [-0.2, 0) is 9.53 Å². The van der Waals surface area contributed by atoms with Gasteiger partial charge in [0, 0.05) is 19.1 Å². The number of halogens is 1. The van der Waals surface area contributed by atoms with Crippen LogP contribution in [0.5, 0.6) is 0 Å². The van der Waals surface area contributed by atoms with E-state index in [4.69, 9.17) is 4.74 Å². The van der Waals surface area contributed by atoms with Crippen LogP contribution in [0.4, 0.5) is 0 Å². The Labute approximate surface area is 151 Å². The first-order valence-corrected chi connectivity index (χ1v) is 8.88. The van der Waals surface area contributed by atoms with Crippen molar-refractivity contribution in [2.24, 2.45) is 11.8 Å². The maximum atomic E-state index is 12.0. The van der Waals surface area contributed by atoms with Crippen LogP contribution in [0.15, 0.2) is 24.3 Å². The molecule has 1 aliphatic carbocycles. The zero-order chi connectivity index (χ0) is 16.1. The van der Waals surface area contributed by atoms with Crippen molar-refractivity contribution in [2.75, 3.05) is 26.2 Å². The lowest BCUT2D eigenvalue weighted by molar-refractivity contribution is -0.121. The molecule has 0 spiro atoms. The number of carbonyl (C=O) groups is 1. The van der Waals surface area contributed by atoms with E-state index in [0.717, 1.165) is 31.9 Å². The summed E-state index contributed by atoms with van der Waals surface area (Å²) in [5.41, 5.74) is 2.48. The van der Waals surface area contributed by atoms with Gasteiger partial charge < -0.3 is 15.4 Å². The van der Waals surface area contributed by atoms with Crippen molar-refractivity contribution in [2.45, 2.75) is 38.7 Å². The van der Waals surface area contributed by atoms with E-state index in [1.807, 2.05) is 0 Å². The highest BCUT2D eigenvalue weighted by atomic mass is 35.5.